The van der Waals surface area contributed by atoms with Gasteiger partial charge in [0.15, 0.2) is 17.7 Å². The van der Waals surface area contributed by atoms with Crippen LogP contribution in [0.15, 0.2) is 22.8 Å². The number of aliphatic hydroxyl groups is 2. The number of hydrogen-bond donors (Lipinski definition) is 3. The fourth-order valence-electron chi connectivity index (χ4n) is 2.20. The summed E-state index contributed by atoms with van der Waals surface area (Å²) in [6.45, 7) is 0. The highest BCUT2D eigenvalue weighted by Crippen LogP contribution is 2.32. The number of fused-ring (bicyclic) bond motifs is 1. The van der Waals surface area contributed by atoms with E-state index in [0.717, 1.165) is 0 Å². The minimum absolute atomic E-state index is 0.255. The Morgan fingerprint density at radius 1 is 1.30 bits per heavy atom. The van der Waals surface area contributed by atoms with Gasteiger partial charge in [-0.15, -0.1) is 0 Å². The molecule has 1 fully saturated rings. The molecule has 9 heteroatoms. The Balaban J connectivity index is 2.02. The van der Waals surface area contributed by atoms with Gasteiger partial charge in [0.1, 0.15) is 30.2 Å². The molecule has 0 amide bonds. The first kappa shape index (κ1) is 13.7. The van der Waals surface area contributed by atoms with E-state index in [9.17, 15) is 10.2 Å². The monoisotopic (exact) mass is 389 g/mol. The van der Waals surface area contributed by atoms with Gasteiger partial charge in [-0.25, -0.2) is 15.0 Å². The van der Waals surface area contributed by atoms with E-state index in [1.165, 1.54) is 12.7 Å². The molecule has 0 aliphatic carbocycles. The highest BCUT2D eigenvalue weighted by molar-refractivity contribution is 14.1. The van der Waals surface area contributed by atoms with Gasteiger partial charge in [0, 0.05) is 0 Å². The fourth-order valence-corrected chi connectivity index (χ4v) is 2.61. The zero-order chi connectivity index (χ0) is 14.3. The first-order valence-electron chi connectivity index (χ1n) is 5.85. The van der Waals surface area contributed by atoms with E-state index in [1.54, 1.807) is 14.7 Å². The minimum Gasteiger partial charge on any atom is -0.387 e. The third-order valence-electron chi connectivity index (χ3n) is 3.20. The van der Waals surface area contributed by atoms with Crippen molar-refractivity contribution in [3.63, 3.8) is 0 Å². The summed E-state index contributed by atoms with van der Waals surface area (Å²) < 4.78 is 8.92. The normalized spacial score (nSPS) is 30.6. The second-order valence-electron chi connectivity index (χ2n) is 4.37. The Kier molecular flexibility index (Phi) is 3.58. The summed E-state index contributed by atoms with van der Waals surface area (Å²) in [6, 6.07) is 0. The summed E-state index contributed by atoms with van der Waals surface area (Å²) in [5.41, 5.74) is 6.60. The van der Waals surface area contributed by atoms with Gasteiger partial charge in [-0.2, -0.15) is 0 Å². The average molecular weight is 389 g/mol. The fraction of sp³-hybridized carbons (Fsp3) is 0.364. The van der Waals surface area contributed by atoms with E-state index in [0.29, 0.717) is 11.2 Å². The van der Waals surface area contributed by atoms with Gasteiger partial charge in [0.2, 0.25) is 0 Å². The van der Waals surface area contributed by atoms with Crippen molar-refractivity contribution in [3.05, 3.63) is 22.8 Å². The third-order valence-corrected chi connectivity index (χ3v) is 3.61. The van der Waals surface area contributed by atoms with Gasteiger partial charge in [-0.3, -0.25) is 4.57 Å². The summed E-state index contributed by atoms with van der Waals surface area (Å²) in [4.78, 5) is 12.1. The predicted octanol–water partition coefficient (Wildman–Crippen LogP) is -0.0236. The lowest BCUT2D eigenvalue weighted by atomic mass is 10.1. The lowest BCUT2D eigenvalue weighted by Crippen LogP contribution is -2.30. The average Bonchev–Trinajstić information content (AvgIpc) is 2.97. The van der Waals surface area contributed by atoms with Crippen molar-refractivity contribution in [3.8, 4) is 0 Å². The number of nitrogen functional groups attached to an aromatic ring is 1. The minimum atomic E-state index is -1.08. The van der Waals surface area contributed by atoms with Gasteiger partial charge in [0.05, 0.1) is 6.33 Å². The molecule has 2 aromatic rings. The second kappa shape index (κ2) is 5.24. The summed E-state index contributed by atoms with van der Waals surface area (Å²) in [6.07, 6.45) is 1.01. The number of aromatic nitrogens is 4. The van der Waals surface area contributed by atoms with Crippen molar-refractivity contribution < 1.29 is 14.9 Å². The molecule has 0 unspecified atom stereocenters. The van der Waals surface area contributed by atoms with Crippen LogP contribution in [0, 0.1) is 0 Å². The Hall–Kier alpha value is -1.30. The number of hydrogen-bond acceptors (Lipinski definition) is 7. The van der Waals surface area contributed by atoms with E-state index >= 15 is 0 Å². The van der Waals surface area contributed by atoms with Crippen LogP contribution in [0.3, 0.4) is 0 Å². The number of ether oxygens (including phenoxy) is 1. The predicted molar refractivity (Wildman–Crippen MR) is 78.8 cm³/mol. The van der Waals surface area contributed by atoms with Crippen molar-refractivity contribution in [2.45, 2.75) is 24.5 Å². The zero-order valence-corrected chi connectivity index (χ0v) is 12.3. The quantitative estimate of drug-likeness (QED) is 0.618. The maximum atomic E-state index is 10.1. The molecule has 0 radical (unpaired) electrons. The van der Waals surface area contributed by atoms with Crippen LogP contribution in [0.5, 0.6) is 0 Å². The lowest BCUT2D eigenvalue weighted by molar-refractivity contribution is -0.0244. The molecular weight excluding hydrogens is 377 g/mol. The molecule has 3 rings (SSSR count). The van der Waals surface area contributed by atoms with Crippen molar-refractivity contribution in [2.24, 2.45) is 0 Å². The highest BCUT2D eigenvalue weighted by Gasteiger charge is 2.43. The molecule has 4 atom stereocenters. The summed E-state index contributed by atoms with van der Waals surface area (Å²) in [5, 5.41) is 20.1. The largest absolute Gasteiger partial charge is 0.387 e. The molecule has 20 heavy (non-hydrogen) atoms. The van der Waals surface area contributed by atoms with Crippen LogP contribution in [-0.4, -0.2) is 48.0 Å². The first-order valence-corrected chi connectivity index (χ1v) is 7.09. The molecule has 2 aromatic heterocycles. The second-order valence-corrected chi connectivity index (χ2v) is 5.09. The van der Waals surface area contributed by atoms with E-state index in [4.69, 9.17) is 10.5 Å². The third kappa shape index (κ3) is 2.06. The maximum absolute atomic E-state index is 10.1. The smallest absolute Gasteiger partial charge is 0.167 e. The number of aliphatic hydroxyl groups excluding tert-OH is 2. The van der Waals surface area contributed by atoms with Gasteiger partial charge in [-0.05, 0) is 10.2 Å². The maximum Gasteiger partial charge on any atom is 0.167 e. The number of anilines is 1. The topological polar surface area (TPSA) is 119 Å². The van der Waals surface area contributed by atoms with E-state index < -0.39 is 24.5 Å². The Labute approximate surface area is 127 Å². The van der Waals surface area contributed by atoms with Crippen LogP contribution in [0.25, 0.3) is 11.2 Å². The van der Waals surface area contributed by atoms with E-state index in [1.807, 2.05) is 22.6 Å². The molecular formula is C11H12IN5O3. The van der Waals surface area contributed by atoms with Gasteiger partial charge in [0.25, 0.3) is 0 Å². The molecule has 106 valence electrons. The first-order chi connectivity index (χ1) is 9.63. The summed E-state index contributed by atoms with van der Waals surface area (Å²) in [7, 11) is 0. The Bertz CT molecular complexity index is 661. The van der Waals surface area contributed by atoms with Gasteiger partial charge >= 0.3 is 0 Å². The highest BCUT2D eigenvalue weighted by atomic mass is 127. The van der Waals surface area contributed by atoms with Crippen LogP contribution in [0.2, 0.25) is 0 Å². The van der Waals surface area contributed by atoms with Crippen molar-refractivity contribution in [1.29, 1.82) is 0 Å². The van der Waals surface area contributed by atoms with Crippen molar-refractivity contribution in [2.75, 3.05) is 5.73 Å². The molecule has 0 saturated carbocycles. The van der Waals surface area contributed by atoms with Crippen LogP contribution in [0.1, 0.15) is 6.23 Å². The summed E-state index contributed by atoms with van der Waals surface area (Å²) >= 11 is 2.02. The summed E-state index contributed by atoms with van der Waals surface area (Å²) in [5.74, 6) is 0.255. The van der Waals surface area contributed by atoms with Crippen molar-refractivity contribution >= 4 is 39.6 Å². The number of nitrogens with two attached hydrogens (primary N) is 1. The molecule has 4 N–H and O–H groups in total. The van der Waals surface area contributed by atoms with Crippen LogP contribution in [-0.2, 0) is 4.74 Å². The SMILES string of the molecule is Nc1ncnc2c1ncn2[C@@H]1O[C@H](/C=C\I)[C@H](O)[C@@H]1O. The lowest BCUT2D eigenvalue weighted by Gasteiger charge is -2.16. The molecule has 3 heterocycles. The van der Waals surface area contributed by atoms with Crippen LogP contribution >= 0.6 is 22.6 Å². The molecule has 8 nitrogen and oxygen atoms in total. The van der Waals surface area contributed by atoms with Crippen LogP contribution in [0.4, 0.5) is 5.82 Å². The van der Waals surface area contributed by atoms with Gasteiger partial charge in [-0.1, -0.05) is 22.6 Å². The molecule has 0 aromatic carbocycles. The van der Waals surface area contributed by atoms with E-state index in [2.05, 4.69) is 15.0 Å². The zero-order valence-electron chi connectivity index (χ0n) is 10.2. The number of rotatable bonds is 2. The van der Waals surface area contributed by atoms with Crippen LogP contribution < -0.4 is 5.73 Å². The van der Waals surface area contributed by atoms with E-state index in [-0.39, 0.29) is 5.82 Å². The molecule has 1 saturated heterocycles. The number of imidazole rings is 1. The van der Waals surface area contributed by atoms with Crippen molar-refractivity contribution in [1.82, 2.24) is 19.5 Å². The Morgan fingerprint density at radius 3 is 2.85 bits per heavy atom. The van der Waals surface area contributed by atoms with Gasteiger partial charge < -0.3 is 20.7 Å². The molecule has 1 aliphatic heterocycles. The number of halogens is 1. The molecule has 1 aliphatic rings. The molecule has 0 spiro atoms. The molecule has 0 bridgehead atoms. The standard InChI is InChI=1S/C11H12IN5O3/c12-2-1-5-7(18)8(19)11(20-5)17-4-16-6-9(13)14-3-15-10(6)17/h1-5,7-8,11,18-19H,(H2,13,14,15)/b2-1-/t5-,7+,8+,11-/m1/s1. The number of nitrogens with zero attached hydrogens (tertiary/aromatic N) is 4. The Morgan fingerprint density at radius 2 is 2.10 bits per heavy atom.